The van der Waals surface area contributed by atoms with Gasteiger partial charge in [-0.15, -0.1) is 11.3 Å². The molecule has 1 aliphatic rings. The van der Waals surface area contributed by atoms with E-state index in [1.54, 1.807) is 11.3 Å². The molecular weight excluding hydrogens is 332 g/mol. The Balaban J connectivity index is 1.77. The fraction of sp³-hybridized carbons (Fsp3) is 0.389. The fourth-order valence-electron chi connectivity index (χ4n) is 3.17. The normalized spacial score (nSPS) is 21.1. The number of carbonyl (C=O) groups excluding carboxylic acids is 1. The number of piperidine rings is 1. The SMILES string of the molecule is Cc1ccsc1[C@H]1CCN(C(=O)c2ccc(C)c(F)c2F)C[C@@H]1O. The first kappa shape index (κ1) is 17.0. The Labute approximate surface area is 143 Å². The standard InChI is InChI=1S/C18H19F2NO2S/c1-10-3-4-13(16(20)15(10)19)18(23)21-7-5-12(14(22)9-21)17-11(2)6-8-24-17/h3-4,6,8,12,14,22H,5,7,9H2,1-2H3/t12-,14-/m0/s1. The number of benzene rings is 1. The zero-order valence-electron chi connectivity index (χ0n) is 13.6. The molecule has 0 radical (unpaired) electrons. The van der Waals surface area contributed by atoms with E-state index in [4.69, 9.17) is 0 Å². The highest BCUT2D eigenvalue weighted by Crippen LogP contribution is 2.34. The number of hydrogen-bond acceptors (Lipinski definition) is 3. The maximum Gasteiger partial charge on any atom is 0.257 e. The monoisotopic (exact) mass is 351 g/mol. The first-order valence-electron chi connectivity index (χ1n) is 7.86. The van der Waals surface area contributed by atoms with Crippen LogP contribution in [0.2, 0.25) is 0 Å². The molecule has 3 rings (SSSR count). The van der Waals surface area contributed by atoms with Gasteiger partial charge in [-0.3, -0.25) is 4.79 Å². The molecule has 0 spiro atoms. The summed E-state index contributed by atoms with van der Waals surface area (Å²) in [5.41, 5.74) is 1.02. The lowest BCUT2D eigenvalue weighted by atomic mass is 9.90. The quantitative estimate of drug-likeness (QED) is 0.897. The van der Waals surface area contributed by atoms with Gasteiger partial charge in [0.25, 0.3) is 5.91 Å². The number of halogens is 2. The molecule has 2 aromatic rings. The lowest BCUT2D eigenvalue weighted by Gasteiger charge is -2.36. The summed E-state index contributed by atoms with van der Waals surface area (Å²) in [7, 11) is 0. The third-order valence-corrected chi connectivity index (χ3v) is 5.76. The molecule has 6 heteroatoms. The van der Waals surface area contributed by atoms with E-state index in [-0.39, 0.29) is 23.6 Å². The second-order valence-electron chi connectivity index (χ2n) is 6.24. The van der Waals surface area contributed by atoms with Gasteiger partial charge in [0, 0.05) is 23.9 Å². The van der Waals surface area contributed by atoms with Gasteiger partial charge in [0.1, 0.15) is 0 Å². The Morgan fingerprint density at radius 2 is 1.96 bits per heavy atom. The van der Waals surface area contributed by atoms with Gasteiger partial charge in [-0.1, -0.05) is 6.07 Å². The van der Waals surface area contributed by atoms with Crippen LogP contribution >= 0.6 is 11.3 Å². The van der Waals surface area contributed by atoms with Gasteiger partial charge in [-0.2, -0.15) is 0 Å². The number of amides is 1. The summed E-state index contributed by atoms with van der Waals surface area (Å²) in [6.07, 6.45) is -0.108. The van der Waals surface area contributed by atoms with Crippen molar-refractivity contribution in [2.24, 2.45) is 0 Å². The minimum Gasteiger partial charge on any atom is -0.391 e. The lowest BCUT2D eigenvalue weighted by molar-refractivity contribution is 0.0383. The minimum absolute atomic E-state index is 0.0198. The Hall–Kier alpha value is -1.79. The predicted molar refractivity (Wildman–Crippen MR) is 89.4 cm³/mol. The molecule has 1 aliphatic heterocycles. The number of carbonyl (C=O) groups is 1. The highest BCUT2D eigenvalue weighted by Gasteiger charge is 2.34. The van der Waals surface area contributed by atoms with Crippen LogP contribution in [-0.4, -0.2) is 35.1 Å². The molecule has 1 aromatic carbocycles. The van der Waals surface area contributed by atoms with E-state index in [2.05, 4.69) is 0 Å². The number of thiophene rings is 1. The maximum absolute atomic E-state index is 14.0. The number of nitrogens with zero attached hydrogens (tertiary/aromatic N) is 1. The van der Waals surface area contributed by atoms with Gasteiger partial charge >= 0.3 is 0 Å². The predicted octanol–water partition coefficient (Wildman–Crippen LogP) is 3.63. The van der Waals surface area contributed by atoms with E-state index in [0.717, 1.165) is 10.4 Å². The van der Waals surface area contributed by atoms with E-state index in [0.29, 0.717) is 13.0 Å². The minimum atomic E-state index is -1.12. The van der Waals surface area contributed by atoms with Gasteiger partial charge in [0.05, 0.1) is 11.7 Å². The number of aliphatic hydroxyl groups is 1. The Bertz CT molecular complexity index is 774. The summed E-state index contributed by atoms with van der Waals surface area (Å²) in [6, 6.07) is 4.70. The molecule has 1 fully saturated rings. The molecule has 128 valence electrons. The summed E-state index contributed by atoms with van der Waals surface area (Å²) in [5.74, 6) is -2.71. The Morgan fingerprint density at radius 3 is 2.58 bits per heavy atom. The Morgan fingerprint density at radius 1 is 1.21 bits per heavy atom. The van der Waals surface area contributed by atoms with Crippen LogP contribution in [0, 0.1) is 25.5 Å². The van der Waals surface area contributed by atoms with Gasteiger partial charge < -0.3 is 10.0 Å². The van der Waals surface area contributed by atoms with E-state index < -0.39 is 23.6 Å². The molecule has 2 heterocycles. The van der Waals surface area contributed by atoms with E-state index >= 15 is 0 Å². The van der Waals surface area contributed by atoms with Crippen molar-refractivity contribution in [1.82, 2.24) is 4.90 Å². The number of β-amino-alcohol motifs (C(OH)–C–C–N with tert-alkyl or cyclic N) is 1. The van der Waals surface area contributed by atoms with Crippen molar-refractivity contribution >= 4 is 17.2 Å². The topological polar surface area (TPSA) is 40.5 Å². The van der Waals surface area contributed by atoms with E-state index in [9.17, 15) is 18.7 Å². The second-order valence-corrected chi connectivity index (χ2v) is 7.19. The van der Waals surface area contributed by atoms with Crippen molar-refractivity contribution in [3.63, 3.8) is 0 Å². The number of likely N-dealkylation sites (tertiary alicyclic amines) is 1. The van der Waals surface area contributed by atoms with Gasteiger partial charge in [0.2, 0.25) is 0 Å². The summed E-state index contributed by atoms with van der Waals surface area (Å²) >= 11 is 1.60. The largest absolute Gasteiger partial charge is 0.391 e. The molecule has 1 aromatic heterocycles. The van der Waals surface area contributed by atoms with Gasteiger partial charge in [-0.25, -0.2) is 8.78 Å². The average Bonchev–Trinajstić information content (AvgIpc) is 2.98. The summed E-state index contributed by atoms with van der Waals surface area (Å²) in [4.78, 5) is 15.0. The van der Waals surface area contributed by atoms with E-state index in [1.165, 1.54) is 24.0 Å². The second kappa shape index (κ2) is 6.61. The molecule has 1 saturated heterocycles. The highest BCUT2D eigenvalue weighted by molar-refractivity contribution is 7.10. The molecule has 0 saturated carbocycles. The van der Waals surface area contributed by atoms with Crippen molar-refractivity contribution in [2.45, 2.75) is 32.3 Å². The third-order valence-electron chi connectivity index (χ3n) is 4.61. The summed E-state index contributed by atoms with van der Waals surface area (Å²) in [5, 5.41) is 12.4. The molecule has 0 bridgehead atoms. The molecule has 3 nitrogen and oxygen atoms in total. The van der Waals surface area contributed by atoms with Crippen LogP contribution in [0.15, 0.2) is 23.6 Å². The molecule has 2 atom stereocenters. The van der Waals surface area contributed by atoms with Gasteiger partial charge in [0.15, 0.2) is 11.6 Å². The van der Waals surface area contributed by atoms with E-state index in [1.807, 2.05) is 18.4 Å². The van der Waals surface area contributed by atoms with Crippen molar-refractivity contribution in [2.75, 3.05) is 13.1 Å². The number of aliphatic hydroxyl groups excluding tert-OH is 1. The van der Waals surface area contributed by atoms with Crippen LogP contribution in [0.25, 0.3) is 0 Å². The molecule has 0 unspecified atom stereocenters. The van der Waals surface area contributed by atoms with Crippen LogP contribution < -0.4 is 0 Å². The molecule has 1 amide bonds. The third kappa shape index (κ3) is 2.96. The van der Waals surface area contributed by atoms with Crippen LogP contribution in [0.1, 0.15) is 38.7 Å². The fourth-order valence-corrected chi connectivity index (χ4v) is 4.29. The van der Waals surface area contributed by atoms with Crippen molar-refractivity contribution in [1.29, 1.82) is 0 Å². The summed E-state index contributed by atoms with van der Waals surface area (Å²) in [6.45, 7) is 3.98. The number of aryl methyl sites for hydroxylation is 2. The van der Waals surface area contributed by atoms with Crippen LogP contribution in [0.3, 0.4) is 0 Å². The molecular formula is C18H19F2NO2S. The molecule has 0 aliphatic carbocycles. The number of rotatable bonds is 2. The first-order valence-corrected chi connectivity index (χ1v) is 8.74. The van der Waals surface area contributed by atoms with Crippen molar-refractivity contribution in [3.8, 4) is 0 Å². The average molecular weight is 351 g/mol. The Kier molecular flexibility index (Phi) is 4.69. The van der Waals surface area contributed by atoms with Crippen molar-refractivity contribution in [3.05, 3.63) is 56.8 Å². The zero-order valence-corrected chi connectivity index (χ0v) is 14.4. The number of hydrogen-bond donors (Lipinski definition) is 1. The lowest BCUT2D eigenvalue weighted by Crippen LogP contribution is -2.46. The zero-order chi connectivity index (χ0) is 17.4. The highest BCUT2D eigenvalue weighted by atomic mass is 32.1. The maximum atomic E-state index is 14.0. The first-order chi connectivity index (χ1) is 11.4. The molecule has 1 N–H and O–H groups in total. The van der Waals surface area contributed by atoms with Crippen molar-refractivity contribution < 1.29 is 18.7 Å². The van der Waals surface area contributed by atoms with Crippen LogP contribution in [-0.2, 0) is 0 Å². The van der Waals surface area contributed by atoms with Crippen LogP contribution in [0.4, 0.5) is 8.78 Å². The van der Waals surface area contributed by atoms with Crippen LogP contribution in [0.5, 0.6) is 0 Å². The smallest absolute Gasteiger partial charge is 0.257 e. The van der Waals surface area contributed by atoms with Gasteiger partial charge in [-0.05, 0) is 48.9 Å². The molecule has 24 heavy (non-hydrogen) atoms. The summed E-state index contributed by atoms with van der Waals surface area (Å²) < 4.78 is 27.7.